The zero-order chi connectivity index (χ0) is 35.7. The summed E-state index contributed by atoms with van der Waals surface area (Å²) in [6.07, 6.45) is 6.27. The molecule has 3 rings (SSSR count). The lowest BCUT2D eigenvalue weighted by Crippen LogP contribution is -2.63. The number of carbonyl (C=O) groups excluding carboxylic acids is 1. The number of aromatic nitrogens is 1. The number of hydrogen-bond donors (Lipinski definition) is 1. The molecule has 1 aromatic heterocycles. The lowest BCUT2D eigenvalue weighted by atomic mass is 9.89. The number of hydrogen-bond acceptors (Lipinski definition) is 7. The molecule has 1 unspecified atom stereocenters. The third-order valence-corrected chi connectivity index (χ3v) is 8.91. The molecule has 266 valence electrons. The van der Waals surface area contributed by atoms with Crippen molar-refractivity contribution >= 4 is 29.7 Å². The number of carbonyl (C=O) groups is 1. The van der Waals surface area contributed by atoms with E-state index in [2.05, 4.69) is 65.9 Å². The number of nitrogens with zero attached hydrogens (tertiary/aromatic N) is 6. The first-order valence-corrected chi connectivity index (χ1v) is 17.2. The molecular formula is C37H62F2N6O2. The van der Waals surface area contributed by atoms with Gasteiger partial charge in [-0.1, -0.05) is 58.4 Å². The second kappa shape index (κ2) is 21.7. The Kier molecular flexibility index (Phi) is 19.4. The Morgan fingerprint density at radius 1 is 1.15 bits per heavy atom. The molecule has 1 amide bonds. The highest BCUT2D eigenvalue weighted by Crippen LogP contribution is 2.37. The zero-order valence-electron chi connectivity index (χ0n) is 30.8. The Labute approximate surface area is 283 Å². The summed E-state index contributed by atoms with van der Waals surface area (Å²) in [6, 6.07) is 2.34. The van der Waals surface area contributed by atoms with Gasteiger partial charge >= 0.3 is 0 Å². The van der Waals surface area contributed by atoms with Gasteiger partial charge in [-0.15, -0.1) is 0 Å². The topological polar surface area (TPSA) is 75.5 Å². The van der Waals surface area contributed by atoms with E-state index in [9.17, 15) is 13.6 Å². The maximum absolute atomic E-state index is 14.6. The number of aliphatic hydroxyl groups excluding tert-OH is 1. The van der Waals surface area contributed by atoms with Crippen LogP contribution in [0.2, 0.25) is 0 Å². The van der Waals surface area contributed by atoms with Crippen LogP contribution in [-0.4, -0.2) is 105 Å². The number of pyridine rings is 1. The van der Waals surface area contributed by atoms with E-state index in [4.69, 9.17) is 5.11 Å². The van der Waals surface area contributed by atoms with Crippen LogP contribution in [0.1, 0.15) is 85.9 Å². The van der Waals surface area contributed by atoms with Crippen LogP contribution in [-0.2, 0) is 4.79 Å². The summed E-state index contributed by atoms with van der Waals surface area (Å²) in [7, 11) is 2.78. The Hall–Kier alpha value is -3.11. The molecule has 2 fully saturated rings. The van der Waals surface area contributed by atoms with Crippen LogP contribution >= 0.6 is 0 Å². The van der Waals surface area contributed by atoms with Crippen molar-refractivity contribution in [3.05, 3.63) is 47.2 Å². The van der Waals surface area contributed by atoms with Crippen LogP contribution in [0.15, 0.2) is 40.9 Å². The van der Waals surface area contributed by atoms with Gasteiger partial charge in [0.25, 0.3) is 6.43 Å². The van der Waals surface area contributed by atoms with Crippen molar-refractivity contribution in [2.45, 2.75) is 80.7 Å². The Morgan fingerprint density at radius 3 is 2.26 bits per heavy atom. The van der Waals surface area contributed by atoms with Gasteiger partial charge in [0.05, 0.1) is 0 Å². The molecule has 8 nitrogen and oxygen atoms in total. The molecule has 0 radical (unpaired) electrons. The molecule has 0 spiro atoms. The van der Waals surface area contributed by atoms with Crippen molar-refractivity contribution in [2.75, 3.05) is 76.3 Å². The number of alkyl halides is 2. The molecule has 1 aromatic rings. The molecule has 0 saturated carbocycles. The van der Waals surface area contributed by atoms with Gasteiger partial charge in [-0.2, -0.15) is 0 Å². The monoisotopic (exact) mass is 660 g/mol. The summed E-state index contributed by atoms with van der Waals surface area (Å²) in [5, 5.41) is 7.00. The molecular weight excluding hydrogens is 598 g/mol. The Balaban J connectivity index is 0.00000265. The van der Waals surface area contributed by atoms with Crippen molar-refractivity contribution in [1.82, 2.24) is 14.8 Å². The summed E-state index contributed by atoms with van der Waals surface area (Å²) in [4.78, 5) is 29.4. The van der Waals surface area contributed by atoms with Crippen LogP contribution in [0, 0.1) is 11.8 Å². The minimum absolute atomic E-state index is 0.0269. The van der Waals surface area contributed by atoms with Crippen LogP contribution in [0.3, 0.4) is 0 Å². The van der Waals surface area contributed by atoms with Crippen LogP contribution in [0.4, 0.5) is 20.3 Å². The second-order valence-corrected chi connectivity index (χ2v) is 12.2. The van der Waals surface area contributed by atoms with Crippen molar-refractivity contribution in [3.8, 4) is 0 Å². The third-order valence-electron chi connectivity index (χ3n) is 8.91. The maximum Gasteiger partial charge on any atom is 0.281 e. The molecule has 2 aliphatic rings. The highest BCUT2D eigenvalue weighted by atomic mass is 19.3. The fraction of sp³-hybridized carbons (Fsp3) is 0.649. The number of halogens is 2. The number of anilines is 2. The van der Waals surface area contributed by atoms with Crippen molar-refractivity contribution < 1.29 is 18.7 Å². The maximum atomic E-state index is 14.6. The molecule has 1 atom stereocenters. The van der Waals surface area contributed by atoms with E-state index in [1.54, 1.807) is 13.1 Å². The van der Waals surface area contributed by atoms with Crippen molar-refractivity contribution in [2.24, 2.45) is 16.8 Å². The predicted molar refractivity (Wildman–Crippen MR) is 196 cm³/mol. The van der Waals surface area contributed by atoms with Gasteiger partial charge in [0.15, 0.2) is 0 Å². The fourth-order valence-corrected chi connectivity index (χ4v) is 6.04. The van der Waals surface area contributed by atoms with Gasteiger partial charge in [0, 0.05) is 96.1 Å². The third kappa shape index (κ3) is 11.8. The standard InChI is InChI=1S/C34H52F2N6O.C2H6.CH4O/c1-9-12-29-30(42-22-28(23-42)40-15-17-41(18-16-40)32(43)10-2)19-31(38-33(29)34(35)36)39(11-3)21-27(14-13-24(4)5)26(7)25(6)20-37-8;2*1-2/h9-10,12,19-20,24,27-28,34H,2,11,13-18,21-23H2,1,3-8H3;1-2H3;2H,1H3/b12-9-,26-25+,37-20?;;. The predicted octanol–water partition coefficient (Wildman–Crippen LogP) is 7.12. The van der Waals surface area contributed by atoms with Gasteiger partial charge in [0.1, 0.15) is 11.5 Å². The highest BCUT2D eigenvalue weighted by molar-refractivity contribution is 5.87. The normalized spacial score (nSPS) is 16.8. The van der Waals surface area contributed by atoms with Gasteiger partial charge in [-0.05, 0) is 57.6 Å². The first-order chi connectivity index (χ1) is 22.5. The number of rotatable bonds is 14. The van der Waals surface area contributed by atoms with Gasteiger partial charge in [-0.25, -0.2) is 13.8 Å². The van der Waals surface area contributed by atoms with Crippen LogP contribution < -0.4 is 9.80 Å². The van der Waals surface area contributed by atoms with Gasteiger partial charge < -0.3 is 19.8 Å². The fourth-order valence-electron chi connectivity index (χ4n) is 6.04. The molecule has 3 heterocycles. The van der Waals surface area contributed by atoms with E-state index in [0.717, 1.165) is 57.4 Å². The summed E-state index contributed by atoms with van der Waals surface area (Å²) < 4.78 is 29.1. The van der Waals surface area contributed by atoms with Crippen molar-refractivity contribution in [1.29, 1.82) is 0 Å². The lowest BCUT2D eigenvalue weighted by Gasteiger charge is -2.49. The SMILES string of the molecule is C=CC(=O)N1CCN(C2CN(c3cc(N(CC)CC(CCC(C)C)/C(C)=C(\C)C=NC)nc(C(F)F)c3/C=C\C)C2)CC1.CC.CO. The number of piperazine rings is 1. The molecule has 10 heteroatoms. The van der Waals surface area contributed by atoms with E-state index >= 15 is 0 Å². The quantitative estimate of drug-likeness (QED) is 0.169. The minimum atomic E-state index is -2.68. The van der Waals surface area contributed by atoms with Gasteiger partial charge in [0.2, 0.25) is 5.91 Å². The summed E-state index contributed by atoms with van der Waals surface area (Å²) >= 11 is 0. The first kappa shape index (κ1) is 41.9. The largest absolute Gasteiger partial charge is 0.400 e. The molecule has 2 saturated heterocycles. The molecule has 0 aliphatic carbocycles. The number of aliphatic hydroxyl groups is 1. The number of aliphatic imine (C=N–C) groups is 1. The van der Waals surface area contributed by atoms with E-state index < -0.39 is 6.43 Å². The second-order valence-electron chi connectivity index (χ2n) is 12.2. The first-order valence-electron chi connectivity index (χ1n) is 17.2. The summed E-state index contributed by atoms with van der Waals surface area (Å²) in [6.45, 7) is 26.1. The summed E-state index contributed by atoms with van der Waals surface area (Å²) in [5.41, 5.74) is 3.58. The summed E-state index contributed by atoms with van der Waals surface area (Å²) in [5.74, 6) is 1.41. The number of amides is 1. The van der Waals surface area contributed by atoms with Crippen molar-refractivity contribution in [3.63, 3.8) is 0 Å². The van der Waals surface area contributed by atoms with E-state index in [1.165, 1.54) is 11.6 Å². The number of allylic oxidation sites excluding steroid dienone is 2. The Bertz CT molecular complexity index is 1190. The minimum Gasteiger partial charge on any atom is -0.400 e. The molecule has 0 bridgehead atoms. The highest BCUT2D eigenvalue weighted by Gasteiger charge is 2.36. The lowest BCUT2D eigenvalue weighted by molar-refractivity contribution is -0.128. The van der Waals surface area contributed by atoms with E-state index in [1.807, 2.05) is 44.0 Å². The molecule has 2 aliphatic heterocycles. The average Bonchev–Trinajstić information content (AvgIpc) is 3.06. The zero-order valence-corrected chi connectivity index (χ0v) is 30.8. The van der Waals surface area contributed by atoms with Crippen LogP contribution in [0.5, 0.6) is 0 Å². The smallest absolute Gasteiger partial charge is 0.281 e. The molecule has 1 N–H and O–H groups in total. The molecule has 47 heavy (non-hydrogen) atoms. The molecule has 0 aromatic carbocycles. The van der Waals surface area contributed by atoms with E-state index in [-0.39, 0.29) is 17.5 Å². The van der Waals surface area contributed by atoms with Crippen LogP contribution in [0.25, 0.3) is 6.08 Å². The Morgan fingerprint density at radius 2 is 1.77 bits per heavy atom. The average molecular weight is 661 g/mol. The van der Waals surface area contributed by atoms with E-state index in [0.29, 0.717) is 49.5 Å². The van der Waals surface area contributed by atoms with Gasteiger partial charge in [-0.3, -0.25) is 14.7 Å².